The van der Waals surface area contributed by atoms with Gasteiger partial charge < -0.3 is 10.4 Å². The summed E-state index contributed by atoms with van der Waals surface area (Å²) in [6.07, 6.45) is 0. The van der Waals surface area contributed by atoms with Gasteiger partial charge in [0.25, 0.3) is 0 Å². The van der Waals surface area contributed by atoms with Crippen LogP contribution in [0.25, 0.3) is 5.32 Å². The van der Waals surface area contributed by atoms with E-state index in [9.17, 15) is 4.79 Å². The predicted octanol–water partition coefficient (Wildman–Crippen LogP) is -0.976. The number of carboxylic acids is 1. The van der Waals surface area contributed by atoms with E-state index in [2.05, 4.69) is 5.32 Å². The van der Waals surface area contributed by atoms with Crippen molar-refractivity contribution in [3.8, 4) is 0 Å². The molecule has 0 aliphatic carbocycles. The molecule has 0 fully saturated rings. The van der Waals surface area contributed by atoms with Crippen molar-refractivity contribution in [1.29, 1.82) is 0 Å². The first-order chi connectivity index (χ1) is 5.24. The third-order valence-electron chi connectivity index (χ3n) is 1.35. The van der Waals surface area contributed by atoms with Gasteiger partial charge in [-0.2, -0.15) is 0 Å². The molecule has 0 aliphatic heterocycles. The molecule has 0 saturated heterocycles. The molecule has 58 valence electrons. The molecule has 12 heavy (non-hydrogen) atoms. The maximum atomic E-state index is 10.4. The Morgan fingerprint density at radius 1 is 1.50 bits per heavy atom. The zero-order valence-electron chi connectivity index (χ0n) is 7.11. The minimum absolute atomic E-state index is 0. The number of nitrogens with zero attached hydrogens (tertiary/aromatic N) is 1. The van der Waals surface area contributed by atoms with E-state index >= 15 is 0 Å². The van der Waals surface area contributed by atoms with Gasteiger partial charge in [0.15, 0.2) is 0 Å². The van der Waals surface area contributed by atoms with Crippen LogP contribution in [0.4, 0.5) is 5.69 Å². The normalized spacial score (nSPS) is 8.42. The number of rotatable bonds is 2. The molecule has 0 saturated carbocycles. The van der Waals surface area contributed by atoms with Crippen molar-refractivity contribution in [3.05, 3.63) is 35.1 Å². The van der Waals surface area contributed by atoms with Gasteiger partial charge in [-0.05, 0) is 6.07 Å². The van der Waals surface area contributed by atoms with Gasteiger partial charge in [-0.3, -0.25) is 0 Å². The van der Waals surface area contributed by atoms with Gasteiger partial charge in [0.2, 0.25) is 0 Å². The Hall–Kier alpha value is 0.126. The van der Waals surface area contributed by atoms with Crippen molar-refractivity contribution in [2.75, 3.05) is 7.05 Å². The summed E-state index contributed by atoms with van der Waals surface area (Å²) in [6, 6.07) is 6.50. The summed E-state index contributed by atoms with van der Waals surface area (Å²) in [5.74, 6) is -0.921. The zero-order chi connectivity index (χ0) is 8.27. The molecule has 0 unspecified atom stereocenters. The van der Waals surface area contributed by atoms with Crippen LogP contribution in [0.5, 0.6) is 0 Å². The molecule has 0 spiro atoms. The van der Waals surface area contributed by atoms with Crippen molar-refractivity contribution in [2.45, 2.75) is 0 Å². The van der Waals surface area contributed by atoms with E-state index in [1.165, 1.54) is 12.1 Å². The minimum Gasteiger partial charge on any atom is -0.687 e. The smallest absolute Gasteiger partial charge is 0.687 e. The van der Waals surface area contributed by atoms with Gasteiger partial charge in [-0.15, -0.1) is 12.7 Å². The van der Waals surface area contributed by atoms with Crippen LogP contribution in [-0.2, 0) is 0 Å². The zero-order valence-corrected chi connectivity index (χ0v) is 10.2. The molecule has 3 nitrogen and oxygen atoms in total. The second-order valence-corrected chi connectivity index (χ2v) is 2.08. The average Bonchev–Trinajstić information content (AvgIpc) is 2.05. The van der Waals surface area contributed by atoms with Crippen LogP contribution in [0.3, 0.4) is 0 Å². The van der Waals surface area contributed by atoms with Gasteiger partial charge >= 0.3 is 57.4 Å². The second kappa shape index (κ2) is 5.72. The quantitative estimate of drug-likeness (QED) is 0.608. The van der Waals surface area contributed by atoms with E-state index in [0.29, 0.717) is 5.69 Å². The molecule has 0 amide bonds. The third kappa shape index (κ3) is 3.24. The fraction of sp³-hybridized carbons (Fsp3) is 0.125. The summed E-state index contributed by atoms with van der Waals surface area (Å²) in [5.41, 5.74) is 0.956. The average molecular weight is 189 g/mol. The molecule has 0 aliphatic rings. The number of carboxylic acid groups (broad SMARTS) is 1. The summed E-state index contributed by atoms with van der Waals surface area (Å²) in [6.45, 7) is 0. The standard InChI is InChI=1S/C8H8NO2.K/c1-9-7-4-2-3-6(5-7)8(10)11;/h2-5H,1H3,(H,10,11);/q-1;+1. The van der Waals surface area contributed by atoms with Gasteiger partial charge in [-0.25, -0.2) is 4.79 Å². The molecule has 1 N–H and O–H groups in total. The summed E-state index contributed by atoms with van der Waals surface area (Å²) in [5, 5.41) is 12.4. The maximum Gasteiger partial charge on any atom is 1.00 e. The van der Waals surface area contributed by atoms with Gasteiger partial charge in [-0.1, -0.05) is 18.2 Å². The molecule has 0 bridgehead atoms. The van der Waals surface area contributed by atoms with Gasteiger partial charge in [0.1, 0.15) is 0 Å². The number of benzene rings is 1. The minimum atomic E-state index is -0.921. The SMILES string of the molecule is C[N-]c1cccc(C(=O)O)c1.[K+]. The van der Waals surface area contributed by atoms with Crippen LogP contribution in [-0.4, -0.2) is 18.1 Å². The molecule has 0 radical (unpaired) electrons. The number of aromatic carboxylic acids is 1. The summed E-state index contributed by atoms with van der Waals surface area (Å²) >= 11 is 0. The fourth-order valence-electron chi connectivity index (χ4n) is 0.778. The van der Waals surface area contributed by atoms with Gasteiger partial charge in [0.05, 0.1) is 5.56 Å². The fourth-order valence-corrected chi connectivity index (χ4v) is 0.778. The van der Waals surface area contributed by atoms with Crippen molar-refractivity contribution < 1.29 is 61.3 Å². The van der Waals surface area contributed by atoms with E-state index in [1.807, 2.05) is 0 Å². The van der Waals surface area contributed by atoms with Crippen LogP contribution >= 0.6 is 0 Å². The molecule has 1 aromatic carbocycles. The molecule has 0 aromatic heterocycles. The van der Waals surface area contributed by atoms with Gasteiger partial charge in [0, 0.05) is 0 Å². The van der Waals surface area contributed by atoms with E-state index in [-0.39, 0.29) is 56.9 Å². The Morgan fingerprint density at radius 2 is 2.17 bits per heavy atom. The first-order valence-corrected chi connectivity index (χ1v) is 3.17. The Bertz CT molecular complexity index is 276. The molecule has 4 heteroatoms. The third-order valence-corrected chi connectivity index (χ3v) is 1.35. The number of hydrogen-bond acceptors (Lipinski definition) is 1. The van der Waals surface area contributed by atoms with Crippen LogP contribution in [0.2, 0.25) is 0 Å². The van der Waals surface area contributed by atoms with Crippen molar-refractivity contribution in [2.24, 2.45) is 0 Å². The molecule has 1 rings (SSSR count). The largest absolute Gasteiger partial charge is 1.00 e. The molecular formula is C8H8KNO2. The molecule has 0 atom stereocenters. The van der Waals surface area contributed by atoms with Crippen LogP contribution in [0, 0.1) is 0 Å². The van der Waals surface area contributed by atoms with E-state index in [0.717, 1.165) is 0 Å². The van der Waals surface area contributed by atoms with E-state index in [1.54, 1.807) is 19.2 Å². The van der Waals surface area contributed by atoms with Crippen LogP contribution < -0.4 is 51.4 Å². The van der Waals surface area contributed by atoms with E-state index in [4.69, 9.17) is 5.11 Å². The van der Waals surface area contributed by atoms with Crippen molar-refractivity contribution in [3.63, 3.8) is 0 Å². The van der Waals surface area contributed by atoms with Crippen LogP contribution in [0.15, 0.2) is 24.3 Å². The Morgan fingerprint density at radius 3 is 2.67 bits per heavy atom. The summed E-state index contributed by atoms with van der Waals surface area (Å²) in [7, 11) is 1.63. The van der Waals surface area contributed by atoms with Crippen molar-refractivity contribution >= 4 is 11.7 Å². The Labute approximate surface area is 114 Å². The molecule has 0 heterocycles. The maximum absolute atomic E-state index is 10.4. The van der Waals surface area contributed by atoms with Crippen molar-refractivity contribution in [1.82, 2.24) is 0 Å². The monoisotopic (exact) mass is 189 g/mol. The number of hydrogen-bond donors (Lipinski definition) is 1. The Balaban J connectivity index is 0.00000121. The van der Waals surface area contributed by atoms with Crippen LogP contribution in [0.1, 0.15) is 10.4 Å². The first-order valence-electron chi connectivity index (χ1n) is 3.17. The second-order valence-electron chi connectivity index (χ2n) is 2.08. The Kier molecular flexibility index (Phi) is 5.78. The van der Waals surface area contributed by atoms with E-state index < -0.39 is 5.97 Å². The number of carbonyl (C=O) groups is 1. The first kappa shape index (κ1) is 12.1. The molecule has 1 aromatic rings. The topological polar surface area (TPSA) is 51.4 Å². The summed E-state index contributed by atoms with van der Waals surface area (Å²) in [4.78, 5) is 10.4. The summed E-state index contributed by atoms with van der Waals surface area (Å²) < 4.78 is 0. The molecular weight excluding hydrogens is 181 g/mol. The predicted molar refractivity (Wildman–Crippen MR) is 42.3 cm³/mol.